The number of hydrogen-bond acceptors (Lipinski definition) is 6. The maximum absolute atomic E-state index is 14.1. The van der Waals surface area contributed by atoms with Crippen LogP contribution in [-0.2, 0) is 26.2 Å². The van der Waals surface area contributed by atoms with Crippen LogP contribution in [0.15, 0.2) is 77.7 Å². The highest BCUT2D eigenvalue weighted by Gasteiger charge is 2.34. The van der Waals surface area contributed by atoms with Crippen LogP contribution < -0.4 is 19.1 Å². The smallest absolute Gasteiger partial charge is 0.264 e. The zero-order valence-corrected chi connectivity index (χ0v) is 25.5. The van der Waals surface area contributed by atoms with Gasteiger partial charge in [-0.05, 0) is 64.4 Å². The van der Waals surface area contributed by atoms with E-state index in [-0.39, 0.29) is 28.8 Å². The van der Waals surface area contributed by atoms with Crippen molar-refractivity contribution in [3.05, 3.63) is 83.9 Å². The van der Waals surface area contributed by atoms with Gasteiger partial charge in [-0.2, -0.15) is 0 Å². The third-order valence-corrected chi connectivity index (χ3v) is 8.18. The van der Waals surface area contributed by atoms with Gasteiger partial charge in [-0.1, -0.05) is 48.0 Å². The van der Waals surface area contributed by atoms with Gasteiger partial charge < -0.3 is 19.7 Å². The lowest BCUT2D eigenvalue weighted by Crippen LogP contribution is -2.54. The first-order chi connectivity index (χ1) is 19.3. The summed E-state index contributed by atoms with van der Waals surface area (Å²) in [5, 5.41) is 2.92. The summed E-state index contributed by atoms with van der Waals surface area (Å²) in [6.07, 6.45) is 0. The summed E-state index contributed by atoms with van der Waals surface area (Å²) in [6.45, 7) is 8.67. The fourth-order valence-electron chi connectivity index (χ4n) is 4.17. The van der Waals surface area contributed by atoms with Crippen LogP contribution in [0.3, 0.4) is 0 Å². The predicted octanol–water partition coefficient (Wildman–Crippen LogP) is 4.54. The van der Waals surface area contributed by atoms with Crippen LogP contribution in [0, 0.1) is 6.92 Å². The van der Waals surface area contributed by atoms with Gasteiger partial charge in [0, 0.05) is 18.2 Å². The number of hydrogen-bond donors (Lipinski definition) is 1. The molecule has 220 valence electrons. The van der Waals surface area contributed by atoms with E-state index in [1.54, 1.807) is 37.3 Å². The number of methoxy groups -OCH3 is 2. The molecule has 1 atom stereocenters. The van der Waals surface area contributed by atoms with Gasteiger partial charge in [0.2, 0.25) is 11.8 Å². The van der Waals surface area contributed by atoms with E-state index >= 15 is 0 Å². The van der Waals surface area contributed by atoms with Crippen molar-refractivity contribution in [2.24, 2.45) is 0 Å². The summed E-state index contributed by atoms with van der Waals surface area (Å²) in [6, 6.07) is 19.3. The average Bonchev–Trinajstić information content (AvgIpc) is 2.94. The monoisotopic (exact) mass is 581 g/mol. The molecule has 3 aromatic rings. The molecule has 3 aromatic carbocycles. The Morgan fingerprint density at radius 2 is 1.56 bits per heavy atom. The Bertz CT molecular complexity index is 1450. The Morgan fingerprint density at radius 1 is 0.927 bits per heavy atom. The van der Waals surface area contributed by atoms with E-state index in [0.29, 0.717) is 5.75 Å². The maximum Gasteiger partial charge on any atom is 0.264 e. The second-order valence-electron chi connectivity index (χ2n) is 10.8. The summed E-state index contributed by atoms with van der Waals surface area (Å²) in [4.78, 5) is 28.7. The van der Waals surface area contributed by atoms with Crippen LogP contribution in [0.25, 0.3) is 0 Å². The van der Waals surface area contributed by atoms with Crippen LogP contribution in [0.1, 0.15) is 38.8 Å². The number of carbonyl (C=O) groups excluding carboxylic acids is 2. The largest absolute Gasteiger partial charge is 0.497 e. The van der Waals surface area contributed by atoms with Crippen molar-refractivity contribution >= 4 is 27.5 Å². The SMILES string of the molecule is COc1ccc(OC)c(N(CC(=O)N(Cc2ccc(C)cc2)[C@@H](C)C(=O)NC(C)(C)C)S(=O)(=O)c2ccccc2)c1. The topological polar surface area (TPSA) is 105 Å². The summed E-state index contributed by atoms with van der Waals surface area (Å²) in [5.41, 5.74) is 1.46. The summed E-state index contributed by atoms with van der Waals surface area (Å²) < 4.78 is 39.9. The lowest BCUT2D eigenvalue weighted by molar-refractivity contribution is -0.140. The molecule has 3 rings (SSSR count). The number of rotatable bonds is 11. The minimum absolute atomic E-state index is 0.00119. The number of nitrogens with zero attached hydrogens (tertiary/aromatic N) is 2. The Labute approximate surface area is 243 Å². The van der Waals surface area contributed by atoms with Gasteiger partial charge >= 0.3 is 0 Å². The standard InChI is InChI=1S/C31H39N3O6S/c1-22-13-15-24(16-14-22)20-33(23(2)30(36)32-31(3,4)5)29(35)21-34(41(37,38)26-11-9-8-10-12-26)27-19-25(39-6)17-18-28(27)40-7/h8-19,23H,20-21H2,1-7H3,(H,32,36)/t23-/m0/s1. The fourth-order valence-corrected chi connectivity index (χ4v) is 5.61. The zero-order valence-electron chi connectivity index (χ0n) is 24.7. The van der Waals surface area contributed by atoms with E-state index in [1.807, 2.05) is 52.0 Å². The highest BCUT2D eigenvalue weighted by atomic mass is 32.2. The third kappa shape index (κ3) is 8.00. The second-order valence-corrected chi connectivity index (χ2v) is 12.6. The molecule has 0 aliphatic heterocycles. The average molecular weight is 582 g/mol. The second kappa shape index (κ2) is 13.1. The number of benzene rings is 3. The summed E-state index contributed by atoms with van der Waals surface area (Å²) in [5.74, 6) is -0.293. The molecule has 2 amide bonds. The lowest BCUT2D eigenvalue weighted by Gasteiger charge is -2.33. The van der Waals surface area contributed by atoms with Crippen molar-refractivity contribution in [3.63, 3.8) is 0 Å². The van der Waals surface area contributed by atoms with Gasteiger partial charge in [0.25, 0.3) is 10.0 Å². The molecule has 0 saturated carbocycles. The predicted molar refractivity (Wildman–Crippen MR) is 160 cm³/mol. The van der Waals surface area contributed by atoms with E-state index in [1.165, 1.54) is 37.3 Å². The first-order valence-electron chi connectivity index (χ1n) is 13.2. The molecule has 0 radical (unpaired) electrons. The zero-order chi connectivity index (χ0) is 30.4. The highest BCUT2D eigenvalue weighted by molar-refractivity contribution is 7.92. The first kappa shape index (κ1) is 31.5. The van der Waals surface area contributed by atoms with Crippen molar-refractivity contribution < 1.29 is 27.5 Å². The number of anilines is 1. The molecule has 41 heavy (non-hydrogen) atoms. The van der Waals surface area contributed by atoms with Gasteiger partial charge in [-0.25, -0.2) is 8.42 Å². The van der Waals surface area contributed by atoms with E-state index in [2.05, 4.69) is 5.32 Å². The molecule has 0 aliphatic carbocycles. The molecule has 0 spiro atoms. The van der Waals surface area contributed by atoms with E-state index in [4.69, 9.17) is 9.47 Å². The van der Waals surface area contributed by atoms with Crippen LogP contribution in [0.5, 0.6) is 11.5 Å². The molecule has 9 nitrogen and oxygen atoms in total. The molecule has 0 unspecified atom stereocenters. The van der Waals surface area contributed by atoms with E-state index < -0.39 is 34.1 Å². The van der Waals surface area contributed by atoms with Gasteiger partial charge in [0.05, 0.1) is 24.8 Å². The normalized spacial score (nSPS) is 12.3. The fraction of sp³-hybridized carbons (Fsp3) is 0.355. The minimum Gasteiger partial charge on any atom is -0.497 e. The van der Waals surface area contributed by atoms with E-state index in [9.17, 15) is 18.0 Å². The van der Waals surface area contributed by atoms with Crippen LogP contribution in [-0.4, -0.2) is 57.5 Å². The number of nitrogens with one attached hydrogen (secondary N) is 1. The Hall–Kier alpha value is -4.05. The number of sulfonamides is 1. The molecular weight excluding hydrogens is 542 g/mol. The van der Waals surface area contributed by atoms with Crippen LogP contribution in [0.2, 0.25) is 0 Å². The van der Waals surface area contributed by atoms with Crippen molar-refractivity contribution in [2.75, 3.05) is 25.1 Å². The Balaban J connectivity index is 2.11. The van der Waals surface area contributed by atoms with Gasteiger partial charge in [0.15, 0.2) is 0 Å². The highest BCUT2D eigenvalue weighted by Crippen LogP contribution is 2.36. The molecular formula is C31H39N3O6S. The molecule has 10 heteroatoms. The summed E-state index contributed by atoms with van der Waals surface area (Å²) >= 11 is 0. The number of ether oxygens (including phenoxy) is 2. The molecule has 0 bridgehead atoms. The third-order valence-electron chi connectivity index (χ3n) is 6.40. The van der Waals surface area contributed by atoms with Gasteiger partial charge in [-0.3, -0.25) is 13.9 Å². The summed E-state index contributed by atoms with van der Waals surface area (Å²) in [7, 11) is -1.36. The van der Waals surface area contributed by atoms with Gasteiger partial charge in [-0.15, -0.1) is 0 Å². The van der Waals surface area contributed by atoms with Gasteiger partial charge in [0.1, 0.15) is 24.1 Å². The first-order valence-corrected chi connectivity index (χ1v) is 14.7. The quantitative estimate of drug-likeness (QED) is 0.357. The molecule has 0 heterocycles. The van der Waals surface area contributed by atoms with Crippen molar-refractivity contribution in [1.82, 2.24) is 10.2 Å². The maximum atomic E-state index is 14.1. The lowest BCUT2D eigenvalue weighted by atomic mass is 10.1. The molecule has 1 N–H and O–H groups in total. The number of carbonyl (C=O) groups is 2. The Kier molecular flexibility index (Phi) is 10.0. The molecule has 0 saturated heterocycles. The van der Waals surface area contributed by atoms with Crippen LogP contribution in [0.4, 0.5) is 5.69 Å². The molecule has 0 fully saturated rings. The van der Waals surface area contributed by atoms with Crippen molar-refractivity contribution in [3.8, 4) is 11.5 Å². The Morgan fingerprint density at radius 3 is 2.12 bits per heavy atom. The van der Waals surface area contributed by atoms with Crippen LogP contribution >= 0.6 is 0 Å². The van der Waals surface area contributed by atoms with E-state index in [0.717, 1.165) is 15.4 Å². The van der Waals surface area contributed by atoms with Crippen molar-refractivity contribution in [1.29, 1.82) is 0 Å². The van der Waals surface area contributed by atoms with Crippen molar-refractivity contribution in [2.45, 2.75) is 57.6 Å². The number of amides is 2. The minimum atomic E-state index is -4.24. The molecule has 0 aliphatic rings. The number of aryl methyl sites for hydroxylation is 1. The molecule has 0 aromatic heterocycles.